The Morgan fingerprint density at radius 2 is 1.65 bits per heavy atom. The Kier molecular flexibility index (Phi) is 5.39. The number of hydrogen-bond donors (Lipinski definition) is 0. The van der Waals surface area contributed by atoms with Gasteiger partial charge in [0.1, 0.15) is 5.65 Å². The molecule has 1 aliphatic rings. The fraction of sp³-hybridized carbons (Fsp3) is 0.259. The van der Waals surface area contributed by atoms with Gasteiger partial charge in [0, 0.05) is 36.8 Å². The summed E-state index contributed by atoms with van der Waals surface area (Å²) in [6.07, 6.45) is 3.69. The van der Waals surface area contributed by atoms with E-state index >= 15 is 0 Å². The molecule has 3 heterocycles. The van der Waals surface area contributed by atoms with Gasteiger partial charge >= 0.3 is 0 Å². The second-order valence-electron chi connectivity index (χ2n) is 8.29. The number of rotatable bonds is 5. The molecule has 2 aromatic heterocycles. The van der Waals surface area contributed by atoms with Gasteiger partial charge in [0.25, 0.3) is 5.56 Å². The highest BCUT2D eigenvalue weighted by Gasteiger charge is 2.24. The summed E-state index contributed by atoms with van der Waals surface area (Å²) in [6, 6.07) is 22.9. The molecular formula is C27H27N3O. The predicted octanol–water partition coefficient (Wildman–Crippen LogP) is 4.57. The second-order valence-corrected chi connectivity index (χ2v) is 8.29. The van der Waals surface area contributed by atoms with Gasteiger partial charge in [-0.1, -0.05) is 61.5 Å². The van der Waals surface area contributed by atoms with E-state index in [2.05, 4.69) is 59.3 Å². The first-order valence-electron chi connectivity index (χ1n) is 11.1. The molecule has 4 aromatic rings. The van der Waals surface area contributed by atoms with Crippen molar-refractivity contribution in [2.24, 2.45) is 0 Å². The molecule has 0 bridgehead atoms. The highest BCUT2D eigenvalue weighted by atomic mass is 16.1. The van der Waals surface area contributed by atoms with Crippen molar-refractivity contribution >= 4 is 11.0 Å². The Labute approximate surface area is 182 Å². The number of hydrogen-bond acceptors (Lipinski definition) is 3. The maximum absolute atomic E-state index is 13.6. The molecular weight excluding hydrogens is 382 g/mol. The van der Waals surface area contributed by atoms with Gasteiger partial charge in [0.05, 0.1) is 6.54 Å². The van der Waals surface area contributed by atoms with Crippen LogP contribution in [0.15, 0.2) is 77.7 Å². The molecule has 0 unspecified atom stereocenters. The standard InChI is InChI=1S/C27H27N3O/c1-2-21-11-6-7-12-22(21)18-29-16-14-23-24-13-8-15-28-26(24)30(27(31)25(23)19-29)17-20-9-4-3-5-10-20/h3-13,15H,2,14,16-19H2,1H3. The van der Waals surface area contributed by atoms with E-state index in [1.165, 1.54) is 16.7 Å². The summed E-state index contributed by atoms with van der Waals surface area (Å²) in [5.41, 5.74) is 6.85. The first kappa shape index (κ1) is 19.7. The van der Waals surface area contributed by atoms with E-state index in [9.17, 15) is 4.79 Å². The highest BCUT2D eigenvalue weighted by molar-refractivity contribution is 5.80. The maximum Gasteiger partial charge on any atom is 0.257 e. The zero-order valence-electron chi connectivity index (χ0n) is 17.9. The summed E-state index contributed by atoms with van der Waals surface area (Å²) >= 11 is 0. The monoisotopic (exact) mass is 409 g/mol. The van der Waals surface area contributed by atoms with Crippen LogP contribution >= 0.6 is 0 Å². The molecule has 0 N–H and O–H groups in total. The lowest BCUT2D eigenvalue weighted by Crippen LogP contribution is -2.37. The Balaban J connectivity index is 1.55. The molecule has 1 aliphatic heterocycles. The van der Waals surface area contributed by atoms with Crippen LogP contribution in [0, 0.1) is 0 Å². The fourth-order valence-electron chi connectivity index (χ4n) is 4.76. The topological polar surface area (TPSA) is 38.1 Å². The molecule has 2 aromatic carbocycles. The second kappa shape index (κ2) is 8.48. The minimum atomic E-state index is 0.0959. The van der Waals surface area contributed by atoms with Crippen LogP contribution in [-0.4, -0.2) is 21.0 Å². The number of aromatic nitrogens is 2. The van der Waals surface area contributed by atoms with Crippen LogP contribution in [0.3, 0.4) is 0 Å². The van der Waals surface area contributed by atoms with Crippen LogP contribution in [0.1, 0.15) is 34.7 Å². The first-order chi connectivity index (χ1) is 15.2. The van der Waals surface area contributed by atoms with Crippen LogP contribution in [0.5, 0.6) is 0 Å². The molecule has 0 spiro atoms. The molecule has 31 heavy (non-hydrogen) atoms. The zero-order chi connectivity index (χ0) is 21.2. The van der Waals surface area contributed by atoms with Crippen LogP contribution in [0.25, 0.3) is 11.0 Å². The van der Waals surface area contributed by atoms with Gasteiger partial charge in [-0.15, -0.1) is 0 Å². The minimum Gasteiger partial charge on any atom is -0.294 e. The average molecular weight is 410 g/mol. The molecule has 0 fully saturated rings. The Bertz CT molecular complexity index is 1280. The molecule has 4 nitrogen and oxygen atoms in total. The van der Waals surface area contributed by atoms with Crippen molar-refractivity contribution in [1.29, 1.82) is 0 Å². The van der Waals surface area contributed by atoms with E-state index in [0.29, 0.717) is 13.1 Å². The van der Waals surface area contributed by atoms with Crippen molar-refractivity contribution in [3.8, 4) is 0 Å². The van der Waals surface area contributed by atoms with Crippen molar-refractivity contribution in [2.75, 3.05) is 6.54 Å². The number of benzene rings is 2. The van der Waals surface area contributed by atoms with Gasteiger partial charge in [-0.3, -0.25) is 14.3 Å². The van der Waals surface area contributed by atoms with E-state index in [1.54, 1.807) is 6.20 Å². The summed E-state index contributed by atoms with van der Waals surface area (Å²) in [6.45, 7) is 5.26. The smallest absolute Gasteiger partial charge is 0.257 e. The van der Waals surface area contributed by atoms with Crippen molar-refractivity contribution < 1.29 is 0 Å². The molecule has 0 aliphatic carbocycles. The van der Waals surface area contributed by atoms with Crippen molar-refractivity contribution in [1.82, 2.24) is 14.5 Å². The largest absolute Gasteiger partial charge is 0.294 e. The molecule has 0 amide bonds. The summed E-state index contributed by atoms with van der Waals surface area (Å²) in [7, 11) is 0. The third-order valence-corrected chi connectivity index (χ3v) is 6.37. The molecule has 0 atom stereocenters. The lowest BCUT2D eigenvalue weighted by atomic mass is 9.96. The third kappa shape index (κ3) is 3.79. The molecule has 0 saturated carbocycles. The van der Waals surface area contributed by atoms with E-state index in [-0.39, 0.29) is 5.56 Å². The lowest BCUT2D eigenvalue weighted by Gasteiger charge is -2.30. The summed E-state index contributed by atoms with van der Waals surface area (Å²) in [5.74, 6) is 0. The van der Waals surface area contributed by atoms with E-state index in [1.807, 2.05) is 28.8 Å². The summed E-state index contributed by atoms with van der Waals surface area (Å²) in [5, 5.41) is 1.11. The highest BCUT2D eigenvalue weighted by Crippen LogP contribution is 2.26. The van der Waals surface area contributed by atoms with Gasteiger partial charge < -0.3 is 0 Å². The normalized spacial score (nSPS) is 14.0. The van der Waals surface area contributed by atoms with E-state index < -0.39 is 0 Å². The van der Waals surface area contributed by atoms with Crippen molar-refractivity contribution in [3.05, 3.63) is 111 Å². The minimum absolute atomic E-state index is 0.0959. The molecule has 4 heteroatoms. The lowest BCUT2D eigenvalue weighted by molar-refractivity contribution is 0.243. The quantitative estimate of drug-likeness (QED) is 0.485. The Morgan fingerprint density at radius 3 is 2.45 bits per heavy atom. The Morgan fingerprint density at radius 1 is 0.871 bits per heavy atom. The number of pyridine rings is 2. The summed E-state index contributed by atoms with van der Waals surface area (Å²) < 4.78 is 1.85. The first-order valence-corrected chi connectivity index (χ1v) is 11.1. The van der Waals surface area contributed by atoms with Gasteiger partial charge in [0.15, 0.2) is 0 Å². The number of fused-ring (bicyclic) bond motifs is 3. The van der Waals surface area contributed by atoms with Crippen molar-refractivity contribution in [2.45, 2.75) is 39.4 Å². The number of aryl methyl sites for hydroxylation is 1. The van der Waals surface area contributed by atoms with Crippen LogP contribution in [-0.2, 0) is 32.5 Å². The molecule has 156 valence electrons. The predicted molar refractivity (Wildman–Crippen MR) is 125 cm³/mol. The maximum atomic E-state index is 13.6. The van der Waals surface area contributed by atoms with Crippen LogP contribution < -0.4 is 5.56 Å². The van der Waals surface area contributed by atoms with Crippen molar-refractivity contribution in [3.63, 3.8) is 0 Å². The van der Waals surface area contributed by atoms with E-state index in [4.69, 9.17) is 0 Å². The average Bonchev–Trinajstić information content (AvgIpc) is 2.83. The molecule has 5 rings (SSSR count). The zero-order valence-corrected chi connectivity index (χ0v) is 17.9. The van der Waals surface area contributed by atoms with Gasteiger partial charge in [-0.25, -0.2) is 4.98 Å². The third-order valence-electron chi connectivity index (χ3n) is 6.37. The van der Waals surface area contributed by atoms with Gasteiger partial charge in [0.2, 0.25) is 0 Å². The van der Waals surface area contributed by atoms with E-state index in [0.717, 1.165) is 48.1 Å². The fourth-order valence-corrected chi connectivity index (χ4v) is 4.76. The SMILES string of the molecule is CCc1ccccc1CN1CCc2c(c(=O)n(Cc3ccccc3)c3ncccc23)C1. The molecule has 0 saturated heterocycles. The number of nitrogens with zero attached hydrogens (tertiary/aromatic N) is 3. The van der Waals surface area contributed by atoms with Crippen LogP contribution in [0.2, 0.25) is 0 Å². The van der Waals surface area contributed by atoms with Gasteiger partial charge in [-0.05, 0) is 47.2 Å². The summed E-state index contributed by atoms with van der Waals surface area (Å²) in [4.78, 5) is 20.7. The van der Waals surface area contributed by atoms with Gasteiger partial charge in [-0.2, -0.15) is 0 Å². The van der Waals surface area contributed by atoms with Crippen LogP contribution in [0.4, 0.5) is 0 Å². The Hall–Kier alpha value is -3.24. The molecule has 0 radical (unpaired) electrons.